The molecular weight excluding hydrogens is 321 g/mol. The van der Waals surface area contributed by atoms with E-state index in [4.69, 9.17) is 10.5 Å². The molecule has 2 aromatic rings. The van der Waals surface area contributed by atoms with Crippen molar-refractivity contribution in [2.45, 2.75) is 26.0 Å². The van der Waals surface area contributed by atoms with E-state index in [0.717, 1.165) is 16.5 Å². The van der Waals surface area contributed by atoms with E-state index in [2.05, 4.69) is 15.9 Å². The molecule has 2 nitrogen and oxygen atoms in total. The largest absolute Gasteiger partial charge is 0.489 e. The van der Waals surface area contributed by atoms with Crippen molar-refractivity contribution in [1.29, 1.82) is 0 Å². The first-order chi connectivity index (χ1) is 9.60. The highest BCUT2D eigenvalue weighted by Crippen LogP contribution is 2.20. The molecule has 0 aliphatic rings. The molecule has 0 spiro atoms. The first-order valence-corrected chi connectivity index (χ1v) is 7.31. The Morgan fingerprint density at radius 1 is 1.20 bits per heavy atom. The van der Waals surface area contributed by atoms with Gasteiger partial charge >= 0.3 is 0 Å². The molecule has 0 fully saturated rings. The third-order valence-corrected chi connectivity index (χ3v) is 3.65. The van der Waals surface area contributed by atoms with Crippen LogP contribution in [0, 0.1) is 5.82 Å². The molecule has 4 heteroatoms. The van der Waals surface area contributed by atoms with Crippen LogP contribution in [0.4, 0.5) is 4.39 Å². The smallest absolute Gasteiger partial charge is 0.130 e. The van der Waals surface area contributed by atoms with Gasteiger partial charge in [-0.3, -0.25) is 0 Å². The molecule has 0 saturated carbocycles. The lowest BCUT2D eigenvalue weighted by atomic mass is 10.1. The molecule has 0 saturated heterocycles. The van der Waals surface area contributed by atoms with Crippen LogP contribution in [0.15, 0.2) is 46.9 Å². The number of rotatable bonds is 5. The van der Waals surface area contributed by atoms with E-state index < -0.39 is 0 Å². The fraction of sp³-hybridized carbons (Fsp3) is 0.250. The predicted octanol–water partition coefficient (Wildman–Crippen LogP) is 4.58. The second kappa shape index (κ2) is 6.86. The maximum absolute atomic E-state index is 13.6. The van der Waals surface area contributed by atoms with Crippen molar-refractivity contribution in [2.24, 2.45) is 5.73 Å². The third kappa shape index (κ3) is 3.81. The summed E-state index contributed by atoms with van der Waals surface area (Å²) in [6.45, 7) is 2.25. The van der Waals surface area contributed by atoms with E-state index in [0.29, 0.717) is 11.3 Å². The van der Waals surface area contributed by atoms with Gasteiger partial charge < -0.3 is 10.5 Å². The van der Waals surface area contributed by atoms with Gasteiger partial charge in [0.25, 0.3) is 0 Å². The topological polar surface area (TPSA) is 35.2 Å². The van der Waals surface area contributed by atoms with Gasteiger partial charge in [0, 0.05) is 16.1 Å². The van der Waals surface area contributed by atoms with E-state index in [9.17, 15) is 4.39 Å². The standard InChI is InChI=1S/C16H17BrFNO/c1-2-16(19)11-4-7-14(8-5-11)20-10-12-3-6-13(17)9-15(12)18/h3-9,16H,2,10,19H2,1H3. The Kier molecular flexibility index (Phi) is 5.15. The Morgan fingerprint density at radius 2 is 1.90 bits per heavy atom. The van der Waals surface area contributed by atoms with E-state index >= 15 is 0 Å². The molecule has 0 bridgehead atoms. The van der Waals surface area contributed by atoms with E-state index in [1.165, 1.54) is 6.07 Å². The van der Waals surface area contributed by atoms with Crippen molar-refractivity contribution < 1.29 is 9.13 Å². The van der Waals surface area contributed by atoms with Crippen LogP contribution in [-0.4, -0.2) is 0 Å². The number of benzene rings is 2. The lowest BCUT2D eigenvalue weighted by Crippen LogP contribution is -2.08. The molecular formula is C16H17BrFNO. The second-order valence-corrected chi connectivity index (χ2v) is 5.52. The number of halogens is 2. The zero-order valence-electron chi connectivity index (χ0n) is 11.3. The van der Waals surface area contributed by atoms with Crippen LogP contribution in [0.25, 0.3) is 0 Å². The summed E-state index contributed by atoms with van der Waals surface area (Å²) in [5.74, 6) is 0.434. The average Bonchev–Trinajstić information content (AvgIpc) is 2.46. The lowest BCUT2D eigenvalue weighted by Gasteiger charge is -2.11. The first kappa shape index (κ1) is 15.0. The second-order valence-electron chi connectivity index (χ2n) is 4.61. The minimum Gasteiger partial charge on any atom is -0.489 e. The molecule has 0 amide bonds. The predicted molar refractivity (Wildman–Crippen MR) is 82.1 cm³/mol. The Hall–Kier alpha value is -1.39. The first-order valence-electron chi connectivity index (χ1n) is 6.52. The van der Waals surface area contributed by atoms with Gasteiger partial charge in [-0.05, 0) is 36.2 Å². The number of hydrogen-bond acceptors (Lipinski definition) is 2. The Balaban J connectivity index is 2.00. The van der Waals surface area contributed by atoms with Gasteiger partial charge in [-0.15, -0.1) is 0 Å². The SMILES string of the molecule is CCC(N)c1ccc(OCc2ccc(Br)cc2F)cc1. The summed E-state index contributed by atoms with van der Waals surface area (Å²) in [4.78, 5) is 0. The monoisotopic (exact) mass is 337 g/mol. The highest BCUT2D eigenvalue weighted by atomic mass is 79.9. The molecule has 106 valence electrons. The molecule has 0 heterocycles. The molecule has 1 atom stereocenters. The Bertz CT molecular complexity index is 571. The maximum atomic E-state index is 13.6. The summed E-state index contributed by atoms with van der Waals surface area (Å²) in [5.41, 5.74) is 7.56. The molecule has 0 aromatic heterocycles. The molecule has 0 radical (unpaired) electrons. The summed E-state index contributed by atoms with van der Waals surface area (Å²) < 4.78 is 19.9. The summed E-state index contributed by atoms with van der Waals surface area (Å²) in [5, 5.41) is 0. The van der Waals surface area contributed by atoms with Gasteiger partial charge in [-0.1, -0.05) is 41.1 Å². The normalized spacial score (nSPS) is 12.2. The summed E-state index contributed by atoms with van der Waals surface area (Å²) in [6.07, 6.45) is 0.893. The van der Waals surface area contributed by atoms with Gasteiger partial charge in [0.1, 0.15) is 18.2 Å². The van der Waals surface area contributed by atoms with Gasteiger partial charge in [0.15, 0.2) is 0 Å². The minimum atomic E-state index is -0.274. The van der Waals surface area contributed by atoms with Crippen LogP contribution < -0.4 is 10.5 Å². The minimum absolute atomic E-state index is 0.0490. The van der Waals surface area contributed by atoms with Gasteiger partial charge in [0.05, 0.1) is 0 Å². The zero-order chi connectivity index (χ0) is 14.5. The molecule has 0 aliphatic heterocycles. The number of hydrogen-bond donors (Lipinski definition) is 1. The third-order valence-electron chi connectivity index (χ3n) is 3.16. The highest BCUT2D eigenvalue weighted by molar-refractivity contribution is 9.10. The fourth-order valence-electron chi connectivity index (χ4n) is 1.85. The summed E-state index contributed by atoms with van der Waals surface area (Å²) in [6, 6.07) is 12.6. The molecule has 0 aliphatic carbocycles. The van der Waals surface area contributed by atoms with Gasteiger partial charge in [-0.25, -0.2) is 4.39 Å². The van der Waals surface area contributed by atoms with E-state index in [-0.39, 0.29) is 18.5 Å². The Labute approximate surface area is 126 Å². The van der Waals surface area contributed by atoms with Crippen LogP contribution in [0.1, 0.15) is 30.5 Å². The van der Waals surface area contributed by atoms with Crippen LogP contribution in [0.2, 0.25) is 0 Å². The molecule has 2 rings (SSSR count). The fourth-order valence-corrected chi connectivity index (χ4v) is 2.18. The zero-order valence-corrected chi connectivity index (χ0v) is 12.9. The van der Waals surface area contributed by atoms with Crippen molar-refractivity contribution in [3.8, 4) is 5.75 Å². The van der Waals surface area contributed by atoms with Crippen LogP contribution >= 0.6 is 15.9 Å². The van der Waals surface area contributed by atoms with Crippen molar-refractivity contribution in [1.82, 2.24) is 0 Å². The Morgan fingerprint density at radius 3 is 2.50 bits per heavy atom. The van der Waals surface area contributed by atoms with E-state index in [1.54, 1.807) is 12.1 Å². The van der Waals surface area contributed by atoms with Crippen LogP contribution in [-0.2, 0) is 6.61 Å². The molecule has 2 N–H and O–H groups in total. The van der Waals surface area contributed by atoms with Gasteiger partial charge in [-0.2, -0.15) is 0 Å². The average molecular weight is 338 g/mol. The van der Waals surface area contributed by atoms with Crippen molar-refractivity contribution >= 4 is 15.9 Å². The summed E-state index contributed by atoms with van der Waals surface area (Å²) in [7, 11) is 0. The number of ether oxygens (including phenoxy) is 1. The molecule has 20 heavy (non-hydrogen) atoms. The van der Waals surface area contributed by atoms with Crippen molar-refractivity contribution in [2.75, 3.05) is 0 Å². The molecule has 1 unspecified atom stereocenters. The van der Waals surface area contributed by atoms with Crippen molar-refractivity contribution in [3.05, 3.63) is 63.9 Å². The lowest BCUT2D eigenvalue weighted by molar-refractivity contribution is 0.299. The molecule has 2 aromatic carbocycles. The summed E-state index contributed by atoms with van der Waals surface area (Å²) >= 11 is 3.23. The van der Waals surface area contributed by atoms with Crippen LogP contribution in [0.5, 0.6) is 5.75 Å². The van der Waals surface area contributed by atoms with Gasteiger partial charge in [0.2, 0.25) is 0 Å². The van der Waals surface area contributed by atoms with Crippen molar-refractivity contribution in [3.63, 3.8) is 0 Å². The maximum Gasteiger partial charge on any atom is 0.130 e. The number of nitrogens with two attached hydrogens (primary N) is 1. The highest BCUT2D eigenvalue weighted by Gasteiger charge is 2.05. The quantitative estimate of drug-likeness (QED) is 0.866. The van der Waals surface area contributed by atoms with Crippen LogP contribution in [0.3, 0.4) is 0 Å². The van der Waals surface area contributed by atoms with E-state index in [1.807, 2.05) is 31.2 Å².